The Hall–Kier alpha value is -2.94. The van der Waals surface area contributed by atoms with Crippen molar-refractivity contribution in [3.8, 4) is 0 Å². The number of carbonyl (C=O) groups excluding carboxylic acids is 2. The van der Waals surface area contributed by atoms with E-state index in [9.17, 15) is 9.59 Å². The Balaban J connectivity index is 1.37. The van der Waals surface area contributed by atoms with E-state index in [2.05, 4.69) is 62.9 Å². The molecule has 3 rings (SSSR count). The fourth-order valence-corrected chi connectivity index (χ4v) is 4.01. The molecule has 34 heavy (non-hydrogen) atoms. The molecule has 8 nitrogen and oxygen atoms in total. The van der Waals surface area contributed by atoms with Crippen LogP contribution in [-0.2, 0) is 20.9 Å². The number of benzene rings is 2. The van der Waals surface area contributed by atoms with Gasteiger partial charge in [-0.2, -0.15) is 0 Å². The van der Waals surface area contributed by atoms with Crippen LogP contribution < -0.4 is 15.5 Å². The molecule has 2 N–H and O–H groups in total. The van der Waals surface area contributed by atoms with E-state index < -0.39 is 0 Å². The third kappa shape index (κ3) is 8.78. The predicted octanol–water partition coefficient (Wildman–Crippen LogP) is 2.03. The van der Waals surface area contributed by atoms with Crippen LogP contribution in [0.4, 0.5) is 11.4 Å². The maximum Gasteiger partial charge on any atom is 0.238 e. The van der Waals surface area contributed by atoms with Gasteiger partial charge in [-0.15, -0.1) is 0 Å². The molecule has 1 aliphatic rings. The number of likely N-dealkylation sites (N-methyl/N-ethyl adjacent to an activating group) is 1. The summed E-state index contributed by atoms with van der Waals surface area (Å²) in [6.07, 6.45) is 0.770. The monoisotopic (exact) mass is 467 g/mol. The van der Waals surface area contributed by atoms with Gasteiger partial charge in [0.1, 0.15) is 0 Å². The van der Waals surface area contributed by atoms with Crippen LogP contribution in [0, 0.1) is 0 Å². The van der Waals surface area contributed by atoms with Crippen LogP contribution in [0.25, 0.3) is 0 Å². The van der Waals surface area contributed by atoms with E-state index in [0.717, 1.165) is 44.8 Å². The number of hydrogen-bond donors (Lipinski definition) is 2. The topological polar surface area (TPSA) is 77.1 Å². The Bertz CT molecular complexity index is 883. The summed E-state index contributed by atoms with van der Waals surface area (Å²) in [6, 6.07) is 18.6. The molecule has 0 radical (unpaired) electrons. The lowest BCUT2D eigenvalue weighted by atomic mass is 10.2. The number of carbonyl (C=O) groups is 2. The molecular weight excluding hydrogens is 430 g/mol. The molecule has 8 heteroatoms. The molecule has 1 fully saturated rings. The lowest BCUT2D eigenvalue weighted by Crippen LogP contribution is -2.45. The molecule has 1 saturated heterocycles. The van der Waals surface area contributed by atoms with Crippen LogP contribution in [0.3, 0.4) is 0 Å². The number of nitrogens with zero attached hydrogens (tertiary/aromatic N) is 3. The Kier molecular flexibility index (Phi) is 10.3. The van der Waals surface area contributed by atoms with Gasteiger partial charge in [-0.25, -0.2) is 0 Å². The normalized spacial score (nSPS) is 14.3. The van der Waals surface area contributed by atoms with E-state index in [0.29, 0.717) is 13.2 Å². The van der Waals surface area contributed by atoms with Crippen molar-refractivity contribution < 1.29 is 14.3 Å². The maximum absolute atomic E-state index is 12.4. The fraction of sp³-hybridized carbons (Fsp3) is 0.462. The summed E-state index contributed by atoms with van der Waals surface area (Å²) in [5.41, 5.74) is 3.28. The van der Waals surface area contributed by atoms with Crippen LogP contribution in [0.1, 0.15) is 12.0 Å². The van der Waals surface area contributed by atoms with Gasteiger partial charge in [0.2, 0.25) is 11.8 Å². The summed E-state index contributed by atoms with van der Waals surface area (Å²) < 4.78 is 4.96. The number of piperazine rings is 1. The second-order valence-corrected chi connectivity index (χ2v) is 8.71. The number of hydrogen-bond acceptors (Lipinski definition) is 6. The van der Waals surface area contributed by atoms with E-state index in [1.165, 1.54) is 11.3 Å². The number of rotatable bonds is 12. The van der Waals surface area contributed by atoms with Crippen molar-refractivity contribution in [2.45, 2.75) is 13.0 Å². The lowest BCUT2D eigenvalue weighted by Gasteiger charge is -2.36. The second kappa shape index (κ2) is 13.7. The molecule has 2 aromatic carbocycles. The Morgan fingerprint density at radius 1 is 0.941 bits per heavy atom. The fourth-order valence-electron chi connectivity index (χ4n) is 4.01. The standard InChI is InChI=1S/C26H37N5O3/c1-29(20-25(32)27-13-6-18-34-2)21-26(33)28-23-9-11-24(12-10-23)31-16-14-30(15-17-31)19-22-7-4-3-5-8-22/h3-5,7-12H,6,13-21H2,1-2H3,(H,27,32)(H,28,33). The largest absolute Gasteiger partial charge is 0.385 e. The van der Waals surface area contributed by atoms with Crippen LogP contribution in [0.15, 0.2) is 54.6 Å². The average Bonchev–Trinajstić information content (AvgIpc) is 2.83. The summed E-state index contributed by atoms with van der Waals surface area (Å²) in [5, 5.41) is 5.74. The minimum Gasteiger partial charge on any atom is -0.385 e. The highest BCUT2D eigenvalue weighted by molar-refractivity contribution is 5.92. The van der Waals surface area contributed by atoms with Gasteiger partial charge < -0.3 is 20.3 Å². The zero-order valence-electron chi connectivity index (χ0n) is 20.3. The first kappa shape index (κ1) is 25.7. The first-order valence-corrected chi connectivity index (χ1v) is 11.9. The quantitative estimate of drug-likeness (QED) is 0.465. The molecule has 1 heterocycles. The van der Waals surface area contributed by atoms with Crippen molar-refractivity contribution in [3.63, 3.8) is 0 Å². The first-order chi connectivity index (χ1) is 16.5. The lowest BCUT2D eigenvalue weighted by molar-refractivity contribution is -0.123. The van der Waals surface area contributed by atoms with Crippen molar-refractivity contribution in [1.82, 2.24) is 15.1 Å². The van der Waals surface area contributed by atoms with Crippen molar-refractivity contribution in [3.05, 3.63) is 60.2 Å². The van der Waals surface area contributed by atoms with Crippen LogP contribution >= 0.6 is 0 Å². The summed E-state index contributed by atoms with van der Waals surface area (Å²) in [6.45, 7) is 6.52. The van der Waals surface area contributed by atoms with E-state index >= 15 is 0 Å². The molecule has 2 aromatic rings. The highest BCUT2D eigenvalue weighted by Gasteiger charge is 2.17. The summed E-state index contributed by atoms with van der Waals surface area (Å²) in [7, 11) is 3.39. The Morgan fingerprint density at radius 2 is 1.62 bits per heavy atom. The third-order valence-corrected chi connectivity index (χ3v) is 5.81. The van der Waals surface area contributed by atoms with Crippen molar-refractivity contribution >= 4 is 23.2 Å². The van der Waals surface area contributed by atoms with Crippen LogP contribution in [0.5, 0.6) is 0 Å². The second-order valence-electron chi connectivity index (χ2n) is 8.71. The minimum absolute atomic E-state index is 0.0976. The Labute approximate surface area is 202 Å². The maximum atomic E-state index is 12.4. The van der Waals surface area contributed by atoms with Gasteiger partial charge in [0, 0.05) is 64.4 Å². The molecule has 184 valence electrons. The van der Waals surface area contributed by atoms with Crippen molar-refractivity contribution in [2.75, 3.05) is 76.8 Å². The molecule has 0 bridgehead atoms. The number of ether oxygens (including phenoxy) is 1. The zero-order chi connectivity index (χ0) is 24.2. The summed E-state index contributed by atoms with van der Waals surface area (Å²) in [4.78, 5) is 30.8. The van der Waals surface area contributed by atoms with E-state index in [4.69, 9.17) is 4.74 Å². The van der Waals surface area contributed by atoms with Gasteiger partial charge in [-0.1, -0.05) is 30.3 Å². The van der Waals surface area contributed by atoms with Gasteiger partial charge in [-0.3, -0.25) is 19.4 Å². The zero-order valence-corrected chi connectivity index (χ0v) is 20.3. The van der Waals surface area contributed by atoms with Crippen LogP contribution in [0.2, 0.25) is 0 Å². The van der Waals surface area contributed by atoms with E-state index in [1.54, 1.807) is 19.1 Å². The molecule has 0 aromatic heterocycles. The molecule has 0 unspecified atom stereocenters. The minimum atomic E-state index is -0.142. The molecule has 0 saturated carbocycles. The molecule has 0 spiro atoms. The molecule has 2 amide bonds. The molecule has 1 aliphatic heterocycles. The summed E-state index contributed by atoms with van der Waals surface area (Å²) >= 11 is 0. The molecular formula is C26H37N5O3. The van der Waals surface area contributed by atoms with Gasteiger partial charge in [-0.05, 0) is 43.3 Å². The van der Waals surface area contributed by atoms with E-state index in [1.807, 2.05) is 12.1 Å². The first-order valence-electron chi connectivity index (χ1n) is 11.9. The Morgan fingerprint density at radius 3 is 2.29 bits per heavy atom. The molecule has 0 atom stereocenters. The van der Waals surface area contributed by atoms with Crippen molar-refractivity contribution in [2.24, 2.45) is 0 Å². The molecule has 0 aliphatic carbocycles. The number of methoxy groups -OCH3 is 1. The van der Waals surface area contributed by atoms with Gasteiger partial charge >= 0.3 is 0 Å². The number of amides is 2. The summed E-state index contributed by atoms with van der Waals surface area (Å²) in [5.74, 6) is -0.239. The SMILES string of the molecule is COCCCNC(=O)CN(C)CC(=O)Nc1ccc(N2CCN(Cc3ccccc3)CC2)cc1. The highest BCUT2D eigenvalue weighted by Crippen LogP contribution is 2.20. The van der Waals surface area contributed by atoms with Gasteiger partial charge in [0.15, 0.2) is 0 Å². The van der Waals surface area contributed by atoms with Crippen LogP contribution in [-0.4, -0.2) is 88.2 Å². The highest BCUT2D eigenvalue weighted by atomic mass is 16.5. The number of anilines is 2. The smallest absolute Gasteiger partial charge is 0.238 e. The van der Waals surface area contributed by atoms with Gasteiger partial charge in [0.05, 0.1) is 13.1 Å². The third-order valence-electron chi connectivity index (χ3n) is 5.81. The van der Waals surface area contributed by atoms with Gasteiger partial charge in [0.25, 0.3) is 0 Å². The van der Waals surface area contributed by atoms with Crippen molar-refractivity contribution in [1.29, 1.82) is 0 Å². The average molecular weight is 468 g/mol. The predicted molar refractivity (Wildman–Crippen MR) is 136 cm³/mol. The number of nitrogens with one attached hydrogen (secondary N) is 2. The van der Waals surface area contributed by atoms with E-state index in [-0.39, 0.29) is 24.9 Å².